The maximum atomic E-state index is 13.1. The smallest absolute Gasteiger partial charge is 0.243 e. The van der Waals surface area contributed by atoms with Gasteiger partial charge in [-0.3, -0.25) is 0 Å². The Morgan fingerprint density at radius 3 is 2.44 bits per heavy atom. The molecule has 0 aliphatic rings. The van der Waals surface area contributed by atoms with Gasteiger partial charge < -0.3 is 15.9 Å². The van der Waals surface area contributed by atoms with Crippen molar-refractivity contribution < 1.29 is 23.0 Å². The van der Waals surface area contributed by atoms with Crippen molar-refractivity contribution in [3.8, 4) is 0 Å². The summed E-state index contributed by atoms with van der Waals surface area (Å²) in [5.74, 6) is -0.688. The molecule has 0 heterocycles. The van der Waals surface area contributed by atoms with Crippen LogP contribution in [0, 0.1) is 5.82 Å². The Morgan fingerprint density at radius 1 is 1.39 bits per heavy atom. The second kappa shape index (κ2) is 5.93. The highest BCUT2D eigenvalue weighted by Gasteiger charge is 2.22. The number of hydrogen-bond acceptors (Lipinski definition) is 5. The molecule has 5 N–H and O–H groups in total. The molecule has 0 radical (unpaired) electrons. The summed E-state index contributed by atoms with van der Waals surface area (Å²) in [6.07, 6.45) is 0. The van der Waals surface area contributed by atoms with Crippen molar-refractivity contribution in [2.75, 3.05) is 18.9 Å². The minimum Gasteiger partial charge on any atom is -0.398 e. The van der Waals surface area contributed by atoms with Crippen molar-refractivity contribution in [2.24, 2.45) is 0 Å². The van der Waals surface area contributed by atoms with Gasteiger partial charge in [-0.2, -0.15) is 0 Å². The van der Waals surface area contributed by atoms with E-state index in [1.165, 1.54) is 0 Å². The van der Waals surface area contributed by atoms with Crippen LogP contribution >= 0.6 is 15.9 Å². The fourth-order valence-corrected chi connectivity index (χ4v) is 3.04. The Morgan fingerprint density at radius 2 is 1.94 bits per heavy atom. The number of hydrogen-bond donors (Lipinski definition) is 4. The normalized spacial score (nSPS) is 12.1. The van der Waals surface area contributed by atoms with Crippen LogP contribution in [0.25, 0.3) is 0 Å². The molecule has 0 aromatic heterocycles. The van der Waals surface area contributed by atoms with Gasteiger partial charge in [-0.15, -0.1) is 0 Å². The lowest BCUT2D eigenvalue weighted by molar-refractivity contribution is 0.185. The van der Waals surface area contributed by atoms with E-state index in [2.05, 4.69) is 15.9 Å². The summed E-state index contributed by atoms with van der Waals surface area (Å²) < 4.78 is 38.9. The molecule has 102 valence electrons. The van der Waals surface area contributed by atoms with Crippen LogP contribution in [0.15, 0.2) is 21.5 Å². The summed E-state index contributed by atoms with van der Waals surface area (Å²) in [5, 5.41) is 17.6. The molecule has 1 aromatic carbocycles. The second-order valence-electron chi connectivity index (χ2n) is 3.49. The number of anilines is 1. The minimum atomic E-state index is -4.05. The number of halogens is 2. The number of nitrogens with one attached hydrogen (secondary N) is 1. The lowest BCUT2D eigenvalue weighted by Gasteiger charge is -2.15. The van der Waals surface area contributed by atoms with Gasteiger partial charge in [-0.1, -0.05) is 0 Å². The largest absolute Gasteiger partial charge is 0.398 e. The zero-order valence-corrected chi connectivity index (χ0v) is 11.5. The van der Waals surface area contributed by atoms with Gasteiger partial charge >= 0.3 is 0 Å². The summed E-state index contributed by atoms with van der Waals surface area (Å²) in [5.41, 5.74) is 5.16. The van der Waals surface area contributed by atoms with Crippen LogP contribution in [0.3, 0.4) is 0 Å². The van der Waals surface area contributed by atoms with Crippen LogP contribution in [0.1, 0.15) is 0 Å². The number of aliphatic hydroxyl groups excluding tert-OH is 2. The van der Waals surface area contributed by atoms with Crippen molar-refractivity contribution in [2.45, 2.75) is 10.9 Å². The molecular weight excluding hydrogens is 331 g/mol. The number of sulfonamides is 1. The molecule has 9 heteroatoms. The Balaban J connectivity index is 3.16. The van der Waals surface area contributed by atoms with E-state index in [0.717, 1.165) is 12.1 Å². The van der Waals surface area contributed by atoms with Crippen molar-refractivity contribution in [3.63, 3.8) is 0 Å². The van der Waals surface area contributed by atoms with E-state index >= 15 is 0 Å². The molecule has 0 amide bonds. The molecule has 0 aliphatic carbocycles. The monoisotopic (exact) mass is 342 g/mol. The molecule has 0 spiro atoms. The van der Waals surface area contributed by atoms with Crippen LogP contribution in [0.2, 0.25) is 0 Å². The van der Waals surface area contributed by atoms with Gasteiger partial charge in [0.15, 0.2) is 0 Å². The first kappa shape index (κ1) is 15.3. The molecule has 0 saturated heterocycles. The number of nitrogens with two attached hydrogens (primary N) is 1. The van der Waals surface area contributed by atoms with E-state index < -0.39 is 35.1 Å². The summed E-state index contributed by atoms with van der Waals surface area (Å²) >= 11 is 2.85. The third-order valence-electron chi connectivity index (χ3n) is 2.10. The standard InChI is InChI=1S/C9H12BrFN2O4S/c10-6-1-9(8(12)2-7(6)11)18(16,17)13-5(3-14)4-15/h1-2,5,13-15H,3-4,12H2. The highest BCUT2D eigenvalue weighted by Crippen LogP contribution is 2.26. The van der Waals surface area contributed by atoms with Crippen LogP contribution in [0.4, 0.5) is 10.1 Å². The molecule has 0 bridgehead atoms. The van der Waals surface area contributed by atoms with E-state index in [9.17, 15) is 12.8 Å². The molecule has 1 aromatic rings. The second-order valence-corrected chi connectivity index (χ2v) is 6.02. The Bertz CT molecular complexity index is 534. The van der Waals surface area contributed by atoms with Crippen LogP contribution in [-0.2, 0) is 10.0 Å². The third kappa shape index (κ3) is 3.39. The summed E-state index contributed by atoms with van der Waals surface area (Å²) in [6, 6.07) is 0.836. The maximum Gasteiger partial charge on any atom is 0.243 e. The highest BCUT2D eigenvalue weighted by atomic mass is 79.9. The first-order chi connectivity index (χ1) is 8.31. The van der Waals surface area contributed by atoms with Gasteiger partial charge in [-0.05, 0) is 28.1 Å². The highest BCUT2D eigenvalue weighted by molar-refractivity contribution is 9.10. The lowest BCUT2D eigenvalue weighted by atomic mass is 10.3. The van der Waals surface area contributed by atoms with Gasteiger partial charge in [0, 0.05) is 0 Å². The van der Waals surface area contributed by atoms with Crippen LogP contribution in [-0.4, -0.2) is 37.9 Å². The minimum absolute atomic E-state index is 0.0541. The van der Waals surface area contributed by atoms with E-state index in [1.54, 1.807) is 0 Å². The van der Waals surface area contributed by atoms with Crippen molar-refractivity contribution in [1.29, 1.82) is 0 Å². The number of aliphatic hydroxyl groups is 2. The average Bonchev–Trinajstić information content (AvgIpc) is 2.30. The topological polar surface area (TPSA) is 113 Å². The number of nitrogen functional groups attached to an aromatic ring is 1. The fourth-order valence-electron chi connectivity index (χ4n) is 1.19. The number of benzene rings is 1. The van der Waals surface area contributed by atoms with Crippen molar-refractivity contribution in [1.82, 2.24) is 4.72 Å². The Hall–Kier alpha value is -0.740. The summed E-state index contributed by atoms with van der Waals surface area (Å²) in [7, 11) is -4.05. The van der Waals surface area contributed by atoms with Gasteiger partial charge in [-0.25, -0.2) is 17.5 Å². The zero-order valence-electron chi connectivity index (χ0n) is 9.10. The third-order valence-corrected chi connectivity index (χ3v) is 4.29. The lowest BCUT2D eigenvalue weighted by Crippen LogP contribution is -2.40. The Labute approximate surface area is 112 Å². The summed E-state index contributed by atoms with van der Waals surface area (Å²) in [4.78, 5) is -0.331. The zero-order chi connectivity index (χ0) is 13.9. The van der Waals surface area contributed by atoms with E-state index in [0.29, 0.717) is 0 Å². The molecular formula is C9H12BrFN2O4S. The van der Waals surface area contributed by atoms with Crippen LogP contribution < -0.4 is 10.5 Å². The fraction of sp³-hybridized carbons (Fsp3) is 0.333. The van der Waals surface area contributed by atoms with Gasteiger partial charge in [0.1, 0.15) is 10.7 Å². The van der Waals surface area contributed by atoms with Crippen LogP contribution in [0.5, 0.6) is 0 Å². The van der Waals surface area contributed by atoms with Gasteiger partial charge in [0.2, 0.25) is 10.0 Å². The molecule has 0 atom stereocenters. The van der Waals surface area contributed by atoms with Crippen molar-refractivity contribution in [3.05, 3.63) is 22.4 Å². The van der Waals surface area contributed by atoms with E-state index in [-0.39, 0.29) is 15.1 Å². The molecule has 0 fully saturated rings. The predicted octanol–water partition coefficient (Wildman–Crippen LogP) is -0.198. The quantitative estimate of drug-likeness (QED) is 0.553. The Kier molecular flexibility index (Phi) is 5.05. The first-order valence-electron chi connectivity index (χ1n) is 4.80. The van der Waals surface area contributed by atoms with Crippen molar-refractivity contribution >= 4 is 31.6 Å². The van der Waals surface area contributed by atoms with E-state index in [4.69, 9.17) is 15.9 Å². The average molecular weight is 343 g/mol. The maximum absolute atomic E-state index is 13.1. The molecule has 6 nitrogen and oxygen atoms in total. The molecule has 0 unspecified atom stereocenters. The van der Waals surface area contributed by atoms with Gasteiger partial charge in [0.05, 0.1) is 29.4 Å². The summed E-state index contributed by atoms with van der Waals surface area (Å²) in [6.45, 7) is -1.14. The number of rotatable bonds is 5. The molecule has 0 aliphatic heterocycles. The molecule has 1 rings (SSSR count). The SMILES string of the molecule is Nc1cc(F)c(Br)cc1S(=O)(=O)NC(CO)CO. The molecule has 0 saturated carbocycles. The van der Waals surface area contributed by atoms with E-state index in [1.807, 2.05) is 4.72 Å². The van der Waals surface area contributed by atoms with Gasteiger partial charge in [0.25, 0.3) is 0 Å². The molecule has 18 heavy (non-hydrogen) atoms. The predicted molar refractivity (Wildman–Crippen MR) is 66.8 cm³/mol. The first-order valence-corrected chi connectivity index (χ1v) is 7.08.